The highest BCUT2D eigenvalue weighted by Gasteiger charge is 2.50. The van der Waals surface area contributed by atoms with Crippen LogP contribution in [0.2, 0.25) is 0 Å². The molecule has 2 aromatic carbocycles. The van der Waals surface area contributed by atoms with Gasteiger partial charge in [-0.2, -0.15) is 0 Å². The highest BCUT2D eigenvalue weighted by molar-refractivity contribution is 5.86. The minimum absolute atomic E-state index is 0.00236. The number of carbonyl (C=O) groups is 3. The Morgan fingerprint density at radius 2 is 1.62 bits per heavy atom. The summed E-state index contributed by atoms with van der Waals surface area (Å²) < 4.78 is 5.59. The molecule has 0 heterocycles. The Kier molecular flexibility index (Phi) is 6.02. The van der Waals surface area contributed by atoms with E-state index in [4.69, 9.17) is 9.84 Å². The topological polar surface area (TPSA) is 105 Å². The lowest BCUT2D eigenvalue weighted by molar-refractivity contribution is -0.138. The van der Waals surface area contributed by atoms with Crippen LogP contribution in [0, 0.1) is 11.3 Å². The van der Waals surface area contributed by atoms with Crippen molar-refractivity contribution in [2.45, 2.75) is 50.5 Å². The third-order valence-corrected chi connectivity index (χ3v) is 7.59. The van der Waals surface area contributed by atoms with Gasteiger partial charge in [0.15, 0.2) is 0 Å². The molecule has 2 amide bonds. The van der Waals surface area contributed by atoms with E-state index in [1.54, 1.807) is 0 Å². The number of fused-ring (bicyclic) bond motifs is 3. The molecule has 2 fully saturated rings. The Balaban J connectivity index is 1.12. The van der Waals surface area contributed by atoms with Crippen molar-refractivity contribution in [1.29, 1.82) is 0 Å². The number of hydrogen-bond donors (Lipinski definition) is 3. The third kappa shape index (κ3) is 4.52. The maximum absolute atomic E-state index is 12.8. The predicted octanol–water partition coefficient (Wildman–Crippen LogP) is 4.06. The third-order valence-electron chi connectivity index (χ3n) is 7.59. The molecule has 0 saturated heterocycles. The number of hydrogen-bond acceptors (Lipinski definition) is 4. The van der Waals surface area contributed by atoms with Crippen molar-refractivity contribution in [3.05, 3.63) is 59.7 Å². The van der Waals surface area contributed by atoms with Crippen LogP contribution >= 0.6 is 0 Å². The van der Waals surface area contributed by atoms with E-state index < -0.39 is 17.5 Å². The molecule has 2 unspecified atom stereocenters. The summed E-state index contributed by atoms with van der Waals surface area (Å²) >= 11 is 0. The second-order valence-corrected chi connectivity index (χ2v) is 9.91. The Bertz CT molecular complexity index is 1060. The normalized spacial score (nSPS) is 21.9. The van der Waals surface area contributed by atoms with Gasteiger partial charge in [-0.1, -0.05) is 48.5 Å². The number of nitrogens with one attached hydrogen (secondary N) is 2. The summed E-state index contributed by atoms with van der Waals surface area (Å²) in [7, 11) is 0. The molecule has 7 heteroatoms. The lowest BCUT2D eigenvalue weighted by Crippen LogP contribution is -2.44. The van der Waals surface area contributed by atoms with Gasteiger partial charge in [0.05, 0.1) is 5.41 Å². The maximum Gasteiger partial charge on any atom is 0.407 e. The van der Waals surface area contributed by atoms with Crippen LogP contribution in [-0.4, -0.2) is 42.3 Å². The Labute approximate surface area is 198 Å². The van der Waals surface area contributed by atoms with Gasteiger partial charge in [-0.05, 0) is 60.3 Å². The molecule has 0 bridgehead atoms. The molecule has 3 aliphatic rings. The quantitative estimate of drug-likeness (QED) is 0.549. The second kappa shape index (κ2) is 9.12. The molecule has 34 heavy (non-hydrogen) atoms. The van der Waals surface area contributed by atoms with Crippen LogP contribution in [0.15, 0.2) is 48.5 Å². The summed E-state index contributed by atoms with van der Waals surface area (Å²) in [5, 5.41) is 14.9. The van der Waals surface area contributed by atoms with Crippen molar-refractivity contribution in [3.8, 4) is 11.1 Å². The summed E-state index contributed by atoms with van der Waals surface area (Å²) in [6.45, 7) is 0.493. The molecule has 0 spiro atoms. The minimum Gasteiger partial charge on any atom is -0.481 e. The zero-order valence-electron chi connectivity index (χ0n) is 19.1. The molecule has 2 atom stereocenters. The maximum atomic E-state index is 12.8. The van der Waals surface area contributed by atoms with Crippen LogP contribution in [0.1, 0.15) is 55.6 Å². The van der Waals surface area contributed by atoms with Crippen molar-refractivity contribution >= 4 is 18.0 Å². The monoisotopic (exact) mass is 462 g/mol. The first kappa shape index (κ1) is 22.4. The van der Waals surface area contributed by atoms with Crippen LogP contribution in [0.5, 0.6) is 0 Å². The van der Waals surface area contributed by atoms with E-state index in [1.807, 2.05) is 24.3 Å². The van der Waals surface area contributed by atoms with E-state index in [1.165, 1.54) is 11.1 Å². The summed E-state index contributed by atoms with van der Waals surface area (Å²) in [4.78, 5) is 36.3. The van der Waals surface area contributed by atoms with E-state index in [0.29, 0.717) is 6.42 Å². The van der Waals surface area contributed by atoms with Crippen LogP contribution in [0.25, 0.3) is 11.1 Å². The average molecular weight is 463 g/mol. The number of alkyl carbamates (subject to hydrolysis) is 1. The fourth-order valence-electron chi connectivity index (χ4n) is 5.50. The molecule has 3 N–H and O–H groups in total. The largest absolute Gasteiger partial charge is 0.481 e. The van der Waals surface area contributed by atoms with E-state index in [0.717, 1.165) is 36.8 Å². The van der Waals surface area contributed by atoms with Crippen molar-refractivity contribution in [3.63, 3.8) is 0 Å². The average Bonchev–Trinajstić information content (AvgIpc) is 3.40. The van der Waals surface area contributed by atoms with Gasteiger partial charge >= 0.3 is 12.1 Å². The molecule has 5 rings (SSSR count). The molecule has 0 aliphatic heterocycles. The fourth-order valence-corrected chi connectivity index (χ4v) is 5.50. The molecule has 3 aliphatic carbocycles. The highest BCUT2D eigenvalue weighted by atomic mass is 16.5. The van der Waals surface area contributed by atoms with Crippen molar-refractivity contribution < 1.29 is 24.2 Å². The van der Waals surface area contributed by atoms with Crippen LogP contribution in [0.4, 0.5) is 4.79 Å². The number of carbonyl (C=O) groups excluding carboxylic acids is 2. The van der Waals surface area contributed by atoms with Gasteiger partial charge in [0, 0.05) is 24.9 Å². The van der Waals surface area contributed by atoms with Crippen molar-refractivity contribution in [1.82, 2.24) is 10.6 Å². The first-order chi connectivity index (χ1) is 16.4. The predicted molar refractivity (Wildman–Crippen MR) is 126 cm³/mol. The number of carboxylic acid groups (broad SMARTS) is 1. The van der Waals surface area contributed by atoms with E-state index in [-0.39, 0.29) is 43.4 Å². The van der Waals surface area contributed by atoms with Crippen LogP contribution < -0.4 is 10.6 Å². The standard InChI is InChI=1S/C27H30N2O5/c30-24(31)14-17-9-10-18(13-17)29-25(32)27(11-12-27)16-28-26(33)34-15-23-21-7-3-1-5-19(21)20-6-2-4-8-22(20)23/h1-8,17-18,23H,9-16H2,(H,28,33)(H,29,32)(H,30,31). The SMILES string of the molecule is O=C(O)CC1CCC(NC(=O)C2(CNC(=O)OCC3c4ccccc4-c4ccccc43)CC2)C1. The van der Waals surface area contributed by atoms with E-state index in [9.17, 15) is 14.4 Å². The smallest absolute Gasteiger partial charge is 0.407 e. The molecular weight excluding hydrogens is 432 g/mol. The van der Waals surface area contributed by atoms with Crippen molar-refractivity contribution in [2.75, 3.05) is 13.2 Å². The van der Waals surface area contributed by atoms with Gasteiger partial charge < -0.3 is 20.5 Å². The molecule has 2 saturated carbocycles. The number of amides is 2. The van der Waals surface area contributed by atoms with E-state index >= 15 is 0 Å². The zero-order chi connectivity index (χ0) is 23.7. The summed E-state index contributed by atoms with van der Waals surface area (Å²) in [5.41, 5.74) is 4.10. The molecule has 2 aromatic rings. The number of aliphatic carboxylic acids is 1. The fraction of sp³-hybridized carbons (Fsp3) is 0.444. The lowest BCUT2D eigenvalue weighted by Gasteiger charge is -2.20. The van der Waals surface area contributed by atoms with Crippen LogP contribution in [0.3, 0.4) is 0 Å². The molecular formula is C27H30N2O5. The number of ether oxygens (including phenoxy) is 1. The summed E-state index contributed by atoms with van der Waals surface area (Å²) in [6.07, 6.45) is 3.43. The number of rotatable bonds is 8. The zero-order valence-corrected chi connectivity index (χ0v) is 19.1. The Hall–Kier alpha value is -3.35. The highest BCUT2D eigenvalue weighted by Crippen LogP contribution is 2.46. The molecule has 0 radical (unpaired) electrons. The Morgan fingerprint density at radius 1 is 0.971 bits per heavy atom. The minimum atomic E-state index is -0.789. The lowest BCUT2D eigenvalue weighted by atomic mass is 9.98. The van der Waals surface area contributed by atoms with E-state index in [2.05, 4.69) is 34.9 Å². The molecule has 7 nitrogen and oxygen atoms in total. The summed E-state index contributed by atoms with van der Waals surface area (Å²) in [5.74, 6) is -0.718. The van der Waals surface area contributed by atoms with Gasteiger partial charge in [0.2, 0.25) is 5.91 Å². The van der Waals surface area contributed by atoms with Crippen LogP contribution in [-0.2, 0) is 14.3 Å². The number of carboxylic acids is 1. The first-order valence-electron chi connectivity index (χ1n) is 12.1. The van der Waals surface area contributed by atoms with Gasteiger partial charge in [-0.15, -0.1) is 0 Å². The van der Waals surface area contributed by atoms with Gasteiger partial charge in [-0.3, -0.25) is 9.59 Å². The summed E-state index contributed by atoms with van der Waals surface area (Å²) in [6, 6.07) is 16.4. The number of benzene rings is 2. The first-order valence-corrected chi connectivity index (χ1v) is 12.1. The molecule has 178 valence electrons. The second-order valence-electron chi connectivity index (χ2n) is 9.91. The molecule has 0 aromatic heterocycles. The van der Waals surface area contributed by atoms with Gasteiger partial charge in [0.25, 0.3) is 0 Å². The van der Waals surface area contributed by atoms with Crippen molar-refractivity contribution in [2.24, 2.45) is 11.3 Å². The van der Waals surface area contributed by atoms with Gasteiger partial charge in [0.1, 0.15) is 6.61 Å². The van der Waals surface area contributed by atoms with Gasteiger partial charge in [-0.25, -0.2) is 4.79 Å². The Morgan fingerprint density at radius 3 is 2.24 bits per heavy atom.